The van der Waals surface area contributed by atoms with Crippen LogP contribution in [-0.2, 0) is 11.8 Å². The first-order valence-electron chi connectivity index (χ1n) is 7.35. The predicted molar refractivity (Wildman–Crippen MR) is 84.1 cm³/mol. The van der Waals surface area contributed by atoms with E-state index >= 15 is 0 Å². The molecule has 1 saturated heterocycles. The van der Waals surface area contributed by atoms with Crippen LogP contribution in [0.15, 0.2) is 23.4 Å². The molecule has 1 aliphatic rings. The maximum atomic E-state index is 12.3. The first-order chi connectivity index (χ1) is 11.1. The van der Waals surface area contributed by atoms with Gasteiger partial charge in [0.2, 0.25) is 16.9 Å². The summed E-state index contributed by atoms with van der Waals surface area (Å²) in [6.07, 6.45) is 0.812. The molecule has 0 spiro atoms. The molecular weight excluding hydrogens is 316 g/mol. The van der Waals surface area contributed by atoms with Crippen molar-refractivity contribution in [3.05, 3.63) is 23.9 Å². The van der Waals surface area contributed by atoms with Crippen LogP contribution in [0.1, 0.15) is 12.1 Å². The van der Waals surface area contributed by atoms with Crippen molar-refractivity contribution in [2.75, 3.05) is 18.8 Å². The molecular formula is C14H18N6O2S. The lowest BCUT2D eigenvalue weighted by Crippen LogP contribution is -2.32. The van der Waals surface area contributed by atoms with E-state index in [1.54, 1.807) is 11.7 Å². The average Bonchev–Trinajstić information content (AvgIpc) is 3.14. The monoisotopic (exact) mass is 334 g/mol. The van der Waals surface area contributed by atoms with E-state index in [-0.39, 0.29) is 12.0 Å². The molecule has 9 heteroatoms. The Morgan fingerprint density at radius 2 is 2.35 bits per heavy atom. The van der Waals surface area contributed by atoms with Gasteiger partial charge in [-0.1, -0.05) is 17.8 Å². The van der Waals surface area contributed by atoms with Crippen molar-refractivity contribution in [2.24, 2.45) is 7.05 Å². The lowest BCUT2D eigenvalue weighted by molar-refractivity contribution is -0.127. The number of pyridine rings is 1. The number of rotatable bonds is 5. The number of tetrazole rings is 1. The molecule has 3 heterocycles. The second-order valence-electron chi connectivity index (χ2n) is 5.36. The molecule has 1 unspecified atom stereocenters. The summed E-state index contributed by atoms with van der Waals surface area (Å²) in [5.74, 6) is 1.01. The van der Waals surface area contributed by atoms with Gasteiger partial charge in [0, 0.05) is 31.8 Å². The minimum absolute atomic E-state index is 0.00487. The second kappa shape index (κ2) is 6.95. The fourth-order valence-corrected chi connectivity index (χ4v) is 3.12. The van der Waals surface area contributed by atoms with E-state index < -0.39 is 0 Å². The number of thioether (sulfide) groups is 1. The molecule has 23 heavy (non-hydrogen) atoms. The fourth-order valence-electron chi connectivity index (χ4n) is 2.37. The molecule has 1 atom stereocenters. The van der Waals surface area contributed by atoms with Gasteiger partial charge in [-0.3, -0.25) is 4.79 Å². The first kappa shape index (κ1) is 15.7. The van der Waals surface area contributed by atoms with Crippen LogP contribution in [0.2, 0.25) is 0 Å². The molecule has 122 valence electrons. The van der Waals surface area contributed by atoms with Crippen LogP contribution in [-0.4, -0.2) is 60.9 Å². The normalized spacial score (nSPS) is 17.5. The summed E-state index contributed by atoms with van der Waals surface area (Å²) in [5.41, 5.74) is 0.919. The van der Waals surface area contributed by atoms with E-state index in [2.05, 4.69) is 20.5 Å². The smallest absolute Gasteiger partial charge is 0.233 e. The van der Waals surface area contributed by atoms with Gasteiger partial charge in [0.25, 0.3) is 0 Å². The summed E-state index contributed by atoms with van der Waals surface area (Å²) in [6, 6.07) is 5.69. The summed E-state index contributed by atoms with van der Waals surface area (Å²) < 4.78 is 7.41. The fraction of sp³-hybridized carbons (Fsp3) is 0.500. The Morgan fingerprint density at radius 1 is 1.48 bits per heavy atom. The summed E-state index contributed by atoms with van der Waals surface area (Å²) >= 11 is 1.34. The number of aryl methyl sites for hydroxylation is 2. The van der Waals surface area contributed by atoms with Crippen LogP contribution >= 0.6 is 11.8 Å². The highest BCUT2D eigenvalue weighted by Gasteiger charge is 2.28. The molecule has 3 rings (SSSR count). The Morgan fingerprint density at radius 3 is 3.09 bits per heavy atom. The van der Waals surface area contributed by atoms with Crippen LogP contribution in [0.3, 0.4) is 0 Å². The number of carbonyl (C=O) groups is 1. The maximum Gasteiger partial charge on any atom is 0.233 e. The van der Waals surface area contributed by atoms with Crippen LogP contribution in [0.25, 0.3) is 0 Å². The molecule has 2 aromatic rings. The van der Waals surface area contributed by atoms with Gasteiger partial charge >= 0.3 is 0 Å². The molecule has 0 aromatic carbocycles. The molecule has 0 bridgehead atoms. The first-order valence-corrected chi connectivity index (χ1v) is 8.33. The number of hydrogen-bond acceptors (Lipinski definition) is 7. The average molecular weight is 334 g/mol. The summed E-state index contributed by atoms with van der Waals surface area (Å²) in [4.78, 5) is 18.4. The van der Waals surface area contributed by atoms with Gasteiger partial charge in [-0.25, -0.2) is 9.67 Å². The maximum absolute atomic E-state index is 12.3. The van der Waals surface area contributed by atoms with E-state index in [0.29, 0.717) is 29.9 Å². The van der Waals surface area contributed by atoms with E-state index in [9.17, 15) is 4.79 Å². The molecule has 1 aliphatic heterocycles. The van der Waals surface area contributed by atoms with Crippen LogP contribution in [0.4, 0.5) is 0 Å². The molecule has 1 fully saturated rings. The molecule has 1 amide bonds. The van der Waals surface area contributed by atoms with E-state index in [4.69, 9.17) is 4.74 Å². The number of aromatic nitrogens is 5. The van der Waals surface area contributed by atoms with Crippen molar-refractivity contribution in [3.63, 3.8) is 0 Å². The topological polar surface area (TPSA) is 86.0 Å². The third-order valence-electron chi connectivity index (χ3n) is 3.55. The van der Waals surface area contributed by atoms with E-state index in [1.807, 2.05) is 30.0 Å². The molecule has 8 nitrogen and oxygen atoms in total. The Balaban J connectivity index is 1.49. The Kier molecular flexibility index (Phi) is 4.75. The van der Waals surface area contributed by atoms with Crippen LogP contribution < -0.4 is 4.74 Å². The minimum Gasteiger partial charge on any atom is -0.472 e. The SMILES string of the molecule is Cc1cccc(OC2CCN(C(=O)CSc3nnnn3C)C2)n1. The lowest BCUT2D eigenvalue weighted by Gasteiger charge is -2.16. The number of ether oxygens (including phenoxy) is 1. The van der Waals surface area contributed by atoms with Crippen molar-refractivity contribution in [3.8, 4) is 5.88 Å². The summed E-state index contributed by atoms with van der Waals surface area (Å²) in [7, 11) is 1.75. The Hall–Kier alpha value is -2.16. The quantitative estimate of drug-likeness (QED) is 0.743. The Bertz CT molecular complexity index is 691. The van der Waals surface area contributed by atoms with Crippen molar-refractivity contribution < 1.29 is 9.53 Å². The zero-order chi connectivity index (χ0) is 16.2. The van der Waals surface area contributed by atoms with Gasteiger partial charge in [-0.2, -0.15) is 0 Å². The zero-order valence-corrected chi connectivity index (χ0v) is 13.9. The second-order valence-corrected chi connectivity index (χ2v) is 6.30. The van der Waals surface area contributed by atoms with Crippen molar-refractivity contribution in [1.29, 1.82) is 0 Å². The number of likely N-dealkylation sites (tertiary alicyclic amines) is 1. The van der Waals surface area contributed by atoms with E-state index in [1.165, 1.54) is 11.8 Å². The van der Waals surface area contributed by atoms with Gasteiger partial charge in [-0.05, 0) is 23.4 Å². The highest BCUT2D eigenvalue weighted by molar-refractivity contribution is 7.99. The summed E-state index contributed by atoms with van der Waals surface area (Å²) in [6.45, 7) is 3.22. The van der Waals surface area contributed by atoms with Gasteiger partial charge in [0.05, 0.1) is 12.3 Å². The van der Waals surface area contributed by atoms with Gasteiger partial charge in [0.1, 0.15) is 6.10 Å². The Labute approximate surface area is 138 Å². The van der Waals surface area contributed by atoms with Crippen molar-refractivity contribution >= 4 is 17.7 Å². The molecule has 2 aromatic heterocycles. The largest absolute Gasteiger partial charge is 0.472 e. The standard InChI is InChI=1S/C14H18N6O2S/c1-10-4-3-5-12(15-10)22-11-6-7-20(8-11)13(21)9-23-14-16-17-18-19(14)2/h3-5,11H,6-9H2,1-2H3. The summed E-state index contributed by atoms with van der Waals surface area (Å²) in [5, 5.41) is 11.8. The number of nitrogens with zero attached hydrogens (tertiary/aromatic N) is 6. The molecule has 0 N–H and O–H groups in total. The predicted octanol–water partition coefficient (Wildman–Crippen LogP) is 0.686. The number of carbonyl (C=O) groups excluding carboxylic acids is 1. The van der Waals surface area contributed by atoms with E-state index in [0.717, 1.165) is 12.1 Å². The van der Waals surface area contributed by atoms with Gasteiger partial charge in [-0.15, -0.1) is 5.10 Å². The van der Waals surface area contributed by atoms with Gasteiger partial charge in [0.15, 0.2) is 0 Å². The third kappa shape index (κ3) is 3.98. The van der Waals surface area contributed by atoms with Crippen LogP contribution in [0, 0.1) is 6.92 Å². The highest BCUT2D eigenvalue weighted by atomic mass is 32.2. The highest BCUT2D eigenvalue weighted by Crippen LogP contribution is 2.19. The molecule has 0 saturated carbocycles. The van der Waals surface area contributed by atoms with Crippen molar-refractivity contribution in [1.82, 2.24) is 30.1 Å². The third-order valence-corrected chi connectivity index (χ3v) is 4.55. The van der Waals surface area contributed by atoms with Crippen molar-refractivity contribution in [2.45, 2.75) is 24.6 Å². The minimum atomic E-state index is -0.00487. The number of amides is 1. The molecule has 0 radical (unpaired) electrons. The van der Waals surface area contributed by atoms with Gasteiger partial charge < -0.3 is 9.64 Å². The lowest BCUT2D eigenvalue weighted by atomic mass is 10.3. The van der Waals surface area contributed by atoms with Crippen LogP contribution in [0.5, 0.6) is 5.88 Å². The molecule has 0 aliphatic carbocycles. The zero-order valence-electron chi connectivity index (χ0n) is 13.0. The number of hydrogen-bond donors (Lipinski definition) is 0.